The van der Waals surface area contributed by atoms with Crippen molar-refractivity contribution in [2.75, 3.05) is 11.4 Å². The number of benzene rings is 1. The van der Waals surface area contributed by atoms with Crippen LogP contribution < -0.4 is 10.2 Å². The smallest absolute Gasteiger partial charge is 0.173 e. The maximum Gasteiger partial charge on any atom is 0.173 e. The minimum Gasteiger partial charge on any atom is -0.358 e. The van der Waals surface area contributed by atoms with Gasteiger partial charge in [-0.2, -0.15) is 0 Å². The number of unbranched alkanes of at least 4 members (excludes halogenated alkanes) is 1. The lowest BCUT2D eigenvalue weighted by Gasteiger charge is -2.32. The predicted molar refractivity (Wildman–Crippen MR) is 68.1 cm³/mol. The Hall–Kier alpha value is -1.09. The molecule has 0 bridgehead atoms. The summed E-state index contributed by atoms with van der Waals surface area (Å²) in [5.41, 5.74) is 2.61. The van der Waals surface area contributed by atoms with E-state index in [-0.39, 0.29) is 0 Å². The third kappa shape index (κ3) is 2.12. The van der Waals surface area contributed by atoms with Crippen molar-refractivity contribution in [2.24, 2.45) is 0 Å². The van der Waals surface area contributed by atoms with Crippen molar-refractivity contribution < 1.29 is 0 Å². The molecule has 1 N–H and O–H groups in total. The topological polar surface area (TPSA) is 15.3 Å². The summed E-state index contributed by atoms with van der Waals surface area (Å²) in [5, 5.41) is 4.12. The van der Waals surface area contributed by atoms with Gasteiger partial charge in [-0.05, 0) is 30.3 Å². The molecule has 0 atom stereocenters. The van der Waals surface area contributed by atoms with Crippen molar-refractivity contribution in [3.63, 3.8) is 0 Å². The molecule has 1 aliphatic heterocycles. The van der Waals surface area contributed by atoms with Crippen molar-refractivity contribution in [3.05, 3.63) is 29.8 Å². The molecule has 0 aliphatic carbocycles. The first-order valence-corrected chi connectivity index (χ1v) is 5.87. The molecule has 0 saturated carbocycles. The van der Waals surface area contributed by atoms with Gasteiger partial charge < -0.3 is 10.2 Å². The Balaban J connectivity index is 2.25. The van der Waals surface area contributed by atoms with Crippen molar-refractivity contribution in [3.8, 4) is 0 Å². The van der Waals surface area contributed by atoms with Gasteiger partial charge in [0.15, 0.2) is 5.11 Å². The maximum atomic E-state index is 5.33. The highest BCUT2D eigenvalue weighted by Crippen LogP contribution is 2.24. The first kappa shape index (κ1) is 10.4. The van der Waals surface area contributed by atoms with Gasteiger partial charge in [-0.3, -0.25) is 0 Å². The van der Waals surface area contributed by atoms with E-state index < -0.39 is 0 Å². The number of para-hydroxylation sites is 1. The lowest BCUT2D eigenvalue weighted by Crippen LogP contribution is -2.44. The highest BCUT2D eigenvalue weighted by Gasteiger charge is 2.19. The Morgan fingerprint density at radius 2 is 2.20 bits per heavy atom. The van der Waals surface area contributed by atoms with Crippen molar-refractivity contribution >= 4 is 23.0 Å². The molecular weight excluding hydrogens is 204 g/mol. The quantitative estimate of drug-likeness (QED) is 0.788. The number of fused-ring (bicyclic) bond motifs is 1. The molecule has 2 rings (SSSR count). The molecule has 1 aliphatic rings. The molecule has 0 fully saturated rings. The number of hydrogen-bond donors (Lipinski definition) is 1. The van der Waals surface area contributed by atoms with E-state index in [0.717, 1.165) is 18.2 Å². The fourth-order valence-corrected chi connectivity index (χ4v) is 2.10. The van der Waals surface area contributed by atoms with Crippen LogP contribution in [-0.4, -0.2) is 11.7 Å². The molecule has 0 spiro atoms. The average Bonchev–Trinajstić information content (AvgIpc) is 2.28. The standard InChI is InChI=1S/C12H16N2S/c1-2-3-8-14-11-7-5-4-6-10(11)9-13-12(14)15/h4-7H,2-3,8-9H2,1H3,(H,13,15). The van der Waals surface area contributed by atoms with E-state index in [1.54, 1.807) is 0 Å². The molecule has 1 aromatic rings. The van der Waals surface area contributed by atoms with Crippen LogP contribution in [0.15, 0.2) is 24.3 Å². The first-order chi connectivity index (χ1) is 7.33. The molecule has 80 valence electrons. The van der Waals surface area contributed by atoms with Gasteiger partial charge in [0.25, 0.3) is 0 Å². The second kappa shape index (κ2) is 4.62. The Morgan fingerprint density at radius 1 is 1.40 bits per heavy atom. The summed E-state index contributed by atoms with van der Waals surface area (Å²) in [7, 11) is 0. The summed E-state index contributed by atoms with van der Waals surface area (Å²) in [6.45, 7) is 4.07. The summed E-state index contributed by atoms with van der Waals surface area (Å²) in [4.78, 5) is 2.21. The van der Waals surface area contributed by atoms with Crippen LogP contribution in [-0.2, 0) is 6.54 Å². The van der Waals surface area contributed by atoms with E-state index in [2.05, 4.69) is 41.4 Å². The molecule has 2 nitrogen and oxygen atoms in total. The average molecular weight is 220 g/mol. The molecule has 1 heterocycles. The molecular formula is C12H16N2S. The molecule has 15 heavy (non-hydrogen) atoms. The Labute approximate surface area is 96.3 Å². The largest absolute Gasteiger partial charge is 0.358 e. The molecule has 0 amide bonds. The van der Waals surface area contributed by atoms with Crippen molar-refractivity contribution in [1.82, 2.24) is 5.32 Å². The summed E-state index contributed by atoms with van der Waals surface area (Å²) >= 11 is 5.33. The van der Waals surface area contributed by atoms with Crippen LogP contribution in [0.25, 0.3) is 0 Å². The van der Waals surface area contributed by atoms with Crippen LogP contribution >= 0.6 is 12.2 Å². The SMILES string of the molecule is CCCCN1C(=S)NCc2ccccc21. The van der Waals surface area contributed by atoms with Gasteiger partial charge >= 0.3 is 0 Å². The van der Waals surface area contributed by atoms with Gasteiger partial charge in [-0.1, -0.05) is 31.5 Å². The second-order valence-corrected chi connectivity index (χ2v) is 4.18. The van der Waals surface area contributed by atoms with Gasteiger partial charge in [-0.15, -0.1) is 0 Å². The van der Waals surface area contributed by atoms with Gasteiger partial charge in [-0.25, -0.2) is 0 Å². The number of nitrogens with zero attached hydrogens (tertiary/aromatic N) is 1. The third-order valence-corrected chi connectivity index (χ3v) is 3.06. The Kier molecular flexibility index (Phi) is 3.21. The number of hydrogen-bond acceptors (Lipinski definition) is 1. The molecule has 0 radical (unpaired) electrons. The first-order valence-electron chi connectivity index (χ1n) is 5.46. The molecule has 1 aromatic carbocycles. The molecule has 0 saturated heterocycles. The Morgan fingerprint density at radius 3 is 3.00 bits per heavy atom. The lowest BCUT2D eigenvalue weighted by molar-refractivity contribution is 0.761. The van der Waals surface area contributed by atoms with Crippen LogP contribution in [0.5, 0.6) is 0 Å². The van der Waals surface area contributed by atoms with Crippen LogP contribution in [0.3, 0.4) is 0 Å². The number of nitrogens with one attached hydrogen (secondary N) is 1. The van der Waals surface area contributed by atoms with Crippen LogP contribution in [0.1, 0.15) is 25.3 Å². The van der Waals surface area contributed by atoms with Gasteiger partial charge in [0.05, 0.1) is 0 Å². The second-order valence-electron chi connectivity index (χ2n) is 3.79. The monoisotopic (exact) mass is 220 g/mol. The zero-order valence-corrected chi connectivity index (χ0v) is 9.81. The lowest BCUT2D eigenvalue weighted by atomic mass is 10.1. The summed E-state index contributed by atoms with van der Waals surface area (Å²) in [5.74, 6) is 0. The number of rotatable bonds is 3. The predicted octanol–water partition coefficient (Wildman–Crippen LogP) is 2.68. The fraction of sp³-hybridized carbons (Fsp3) is 0.417. The zero-order chi connectivity index (χ0) is 10.7. The van der Waals surface area contributed by atoms with Gasteiger partial charge in [0, 0.05) is 18.8 Å². The molecule has 3 heteroatoms. The zero-order valence-electron chi connectivity index (χ0n) is 8.99. The normalized spacial score (nSPS) is 14.7. The van der Waals surface area contributed by atoms with Crippen molar-refractivity contribution in [2.45, 2.75) is 26.3 Å². The number of anilines is 1. The molecule has 0 aromatic heterocycles. The minimum absolute atomic E-state index is 0.859. The van der Waals surface area contributed by atoms with E-state index in [1.165, 1.54) is 24.1 Å². The van der Waals surface area contributed by atoms with Crippen LogP contribution in [0.2, 0.25) is 0 Å². The highest BCUT2D eigenvalue weighted by atomic mass is 32.1. The van der Waals surface area contributed by atoms with E-state index in [0.29, 0.717) is 0 Å². The van der Waals surface area contributed by atoms with Crippen LogP contribution in [0, 0.1) is 0 Å². The van der Waals surface area contributed by atoms with Crippen molar-refractivity contribution in [1.29, 1.82) is 0 Å². The van der Waals surface area contributed by atoms with E-state index >= 15 is 0 Å². The fourth-order valence-electron chi connectivity index (χ4n) is 1.84. The van der Waals surface area contributed by atoms with Crippen LogP contribution in [0.4, 0.5) is 5.69 Å². The molecule has 0 unspecified atom stereocenters. The van der Waals surface area contributed by atoms with E-state index in [1.807, 2.05) is 0 Å². The maximum absolute atomic E-state index is 5.33. The summed E-state index contributed by atoms with van der Waals surface area (Å²) in [6, 6.07) is 8.46. The summed E-state index contributed by atoms with van der Waals surface area (Å²) < 4.78 is 0. The number of thiocarbonyl (C=S) groups is 1. The minimum atomic E-state index is 0.859. The third-order valence-electron chi connectivity index (χ3n) is 2.69. The van der Waals surface area contributed by atoms with E-state index in [9.17, 15) is 0 Å². The highest BCUT2D eigenvalue weighted by molar-refractivity contribution is 7.80. The van der Waals surface area contributed by atoms with Gasteiger partial charge in [0.2, 0.25) is 0 Å². The van der Waals surface area contributed by atoms with E-state index in [4.69, 9.17) is 12.2 Å². The Bertz CT molecular complexity index is 362. The summed E-state index contributed by atoms with van der Waals surface area (Å²) in [6.07, 6.45) is 2.37. The van der Waals surface area contributed by atoms with Gasteiger partial charge in [0.1, 0.15) is 0 Å².